The van der Waals surface area contributed by atoms with Crippen LogP contribution in [0.25, 0.3) is 0 Å². The molecule has 2 aliphatic carbocycles. The molecule has 0 saturated heterocycles. The van der Waals surface area contributed by atoms with Crippen molar-refractivity contribution >= 4 is 23.5 Å². The molecule has 206 valence electrons. The minimum atomic E-state index is 0.00788. The van der Waals surface area contributed by atoms with Crippen LogP contribution in [0.4, 0.5) is 0 Å². The maximum Gasteiger partial charge on any atom is 0.255 e. The predicted octanol–water partition coefficient (Wildman–Crippen LogP) is 6.11. The van der Waals surface area contributed by atoms with Gasteiger partial charge in [-0.2, -0.15) is 0 Å². The van der Waals surface area contributed by atoms with Crippen LogP contribution in [-0.4, -0.2) is 34.8 Å². The number of amides is 1. The van der Waals surface area contributed by atoms with E-state index in [2.05, 4.69) is 56.7 Å². The van der Waals surface area contributed by atoms with Gasteiger partial charge in [0.2, 0.25) is 0 Å². The highest BCUT2D eigenvalue weighted by molar-refractivity contribution is 6.29. The molecular formula is C31H44ClN5O. The summed E-state index contributed by atoms with van der Waals surface area (Å²) in [4.78, 5) is 24.2. The fraction of sp³-hybridized carbons (Fsp3) is 0.581. The Morgan fingerprint density at radius 1 is 1.03 bits per heavy atom. The number of hydrogen-bond acceptors (Lipinski definition) is 3. The fourth-order valence-electron chi connectivity index (χ4n) is 6.19. The van der Waals surface area contributed by atoms with Crippen LogP contribution in [0.5, 0.6) is 0 Å². The molecule has 38 heavy (non-hydrogen) atoms. The van der Waals surface area contributed by atoms with Crippen molar-refractivity contribution in [1.82, 2.24) is 9.88 Å². The molecule has 1 fully saturated rings. The number of rotatable bonds is 7. The van der Waals surface area contributed by atoms with Gasteiger partial charge in [-0.1, -0.05) is 51.4 Å². The molecule has 0 spiro atoms. The van der Waals surface area contributed by atoms with Crippen LogP contribution in [0, 0.1) is 18.8 Å². The van der Waals surface area contributed by atoms with Gasteiger partial charge in [0.25, 0.3) is 5.91 Å². The van der Waals surface area contributed by atoms with Crippen molar-refractivity contribution in [3.8, 4) is 0 Å². The van der Waals surface area contributed by atoms with Gasteiger partial charge in [-0.25, -0.2) is 4.98 Å². The maximum absolute atomic E-state index is 13.8. The van der Waals surface area contributed by atoms with Gasteiger partial charge in [0.15, 0.2) is 5.96 Å². The first-order valence-electron chi connectivity index (χ1n) is 14.0. The summed E-state index contributed by atoms with van der Waals surface area (Å²) in [6.45, 7) is 13.6. The second-order valence-electron chi connectivity index (χ2n) is 12.8. The van der Waals surface area contributed by atoms with Crippen LogP contribution in [-0.2, 0) is 17.4 Å². The summed E-state index contributed by atoms with van der Waals surface area (Å²) >= 11 is 6.02. The first kappa shape index (κ1) is 28.4. The molecule has 1 heterocycles. The lowest BCUT2D eigenvalue weighted by Gasteiger charge is -2.42. The molecule has 0 aliphatic heterocycles. The number of pyridine rings is 1. The van der Waals surface area contributed by atoms with E-state index in [0.29, 0.717) is 35.6 Å². The number of guanidine groups is 1. The zero-order chi connectivity index (χ0) is 27.7. The van der Waals surface area contributed by atoms with Crippen molar-refractivity contribution in [3.05, 3.63) is 63.4 Å². The molecular weight excluding hydrogens is 494 g/mol. The number of nitrogens with zero attached hydrogens (tertiary/aromatic N) is 3. The number of carbonyl (C=O) groups is 1. The first-order chi connectivity index (χ1) is 17.9. The van der Waals surface area contributed by atoms with E-state index in [1.807, 2.05) is 4.90 Å². The van der Waals surface area contributed by atoms with E-state index in [-0.39, 0.29) is 22.7 Å². The van der Waals surface area contributed by atoms with Gasteiger partial charge in [0.05, 0.1) is 5.56 Å². The highest BCUT2D eigenvalue weighted by atomic mass is 35.5. The molecule has 1 aromatic heterocycles. The Bertz CT molecular complexity index is 1180. The fourth-order valence-corrected chi connectivity index (χ4v) is 6.30. The first-order valence-corrected chi connectivity index (χ1v) is 14.3. The molecule has 2 aromatic rings. The summed E-state index contributed by atoms with van der Waals surface area (Å²) < 4.78 is 0. The highest BCUT2D eigenvalue weighted by Gasteiger charge is 2.37. The average molecular weight is 538 g/mol. The van der Waals surface area contributed by atoms with Crippen molar-refractivity contribution in [2.24, 2.45) is 28.3 Å². The van der Waals surface area contributed by atoms with Crippen LogP contribution in [0.2, 0.25) is 5.15 Å². The second-order valence-corrected chi connectivity index (χ2v) is 13.2. The third-order valence-corrected chi connectivity index (χ3v) is 9.13. The molecule has 6 nitrogen and oxygen atoms in total. The van der Waals surface area contributed by atoms with Gasteiger partial charge < -0.3 is 16.4 Å². The van der Waals surface area contributed by atoms with E-state index in [4.69, 9.17) is 23.1 Å². The quantitative estimate of drug-likeness (QED) is 0.253. The Hall–Kier alpha value is -2.60. The molecule has 1 aromatic carbocycles. The van der Waals surface area contributed by atoms with Gasteiger partial charge in [0.1, 0.15) is 5.15 Å². The van der Waals surface area contributed by atoms with E-state index in [1.54, 1.807) is 18.3 Å². The largest absolute Gasteiger partial charge is 0.370 e. The minimum Gasteiger partial charge on any atom is -0.370 e. The van der Waals surface area contributed by atoms with Gasteiger partial charge in [-0.15, -0.1) is 0 Å². The molecule has 7 heteroatoms. The SMILES string of the molecule is Cc1cc2c(cc1CN(CC1CCC(CN=C(N)N)CC1)C(=O)c1ccc(Cl)nc1)C(C)(C)CCC2(C)C. The molecule has 2 aliphatic rings. The predicted molar refractivity (Wildman–Crippen MR) is 157 cm³/mol. The lowest BCUT2D eigenvalue weighted by molar-refractivity contribution is 0.0690. The number of aromatic nitrogens is 1. The van der Waals surface area contributed by atoms with Crippen LogP contribution >= 0.6 is 11.6 Å². The molecule has 0 atom stereocenters. The number of aliphatic imine (C=N–C) groups is 1. The molecule has 0 radical (unpaired) electrons. The number of aryl methyl sites for hydroxylation is 1. The van der Waals surface area contributed by atoms with Crippen molar-refractivity contribution in [1.29, 1.82) is 0 Å². The van der Waals surface area contributed by atoms with E-state index in [9.17, 15) is 4.79 Å². The van der Waals surface area contributed by atoms with Crippen LogP contribution < -0.4 is 11.5 Å². The van der Waals surface area contributed by atoms with Gasteiger partial charge in [-0.3, -0.25) is 9.79 Å². The summed E-state index contributed by atoms with van der Waals surface area (Å²) in [5, 5.41) is 0.391. The van der Waals surface area contributed by atoms with Gasteiger partial charge >= 0.3 is 0 Å². The Morgan fingerprint density at radius 2 is 1.63 bits per heavy atom. The van der Waals surface area contributed by atoms with Gasteiger partial charge in [0, 0.05) is 25.8 Å². The van der Waals surface area contributed by atoms with E-state index in [0.717, 1.165) is 38.6 Å². The number of hydrogen-bond donors (Lipinski definition) is 2. The number of halogens is 1. The Morgan fingerprint density at radius 3 is 2.21 bits per heavy atom. The average Bonchev–Trinajstić information content (AvgIpc) is 2.87. The minimum absolute atomic E-state index is 0.00788. The van der Waals surface area contributed by atoms with E-state index >= 15 is 0 Å². The molecule has 4 rings (SSSR count). The van der Waals surface area contributed by atoms with Crippen LogP contribution in [0.1, 0.15) is 98.8 Å². The number of fused-ring (bicyclic) bond motifs is 1. The lowest BCUT2D eigenvalue weighted by Crippen LogP contribution is -2.37. The summed E-state index contributed by atoms with van der Waals surface area (Å²) in [5.41, 5.74) is 17.3. The molecule has 1 saturated carbocycles. The summed E-state index contributed by atoms with van der Waals surface area (Å²) in [6, 6.07) is 8.24. The van der Waals surface area contributed by atoms with E-state index in [1.165, 1.54) is 28.7 Å². The van der Waals surface area contributed by atoms with Crippen molar-refractivity contribution in [3.63, 3.8) is 0 Å². The standard InChI is InChI=1S/C31H44ClN5O/c1-20-14-25-26(31(4,5)13-12-30(25,2)3)15-24(20)19-37(28(38)23-10-11-27(32)35-17-23)18-22-8-6-21(7-9-22)16-36-29(33)34/h10-11,14-15,17,21-22H,6-9,12-13,16,18-19H2,1-5H3,(H4,33,34,36). The normalized spacial score (nSPS) is 21.8. The summed E-state index contributed by atoms with van der Waals surface area (Å²) in [5.74, 6) is 1.12. The lowest BCUT2D eigenvalue weighted by atomic mass is 9.62. The third-order valence-electron chi connectivity index (χ3n) is 8.91. The van der Waals surface area contributed by atoms with Crippen LogP contribution in [0.3, 0.4) is 0 Å². The monoisotopic (exact) mass is 537 g/mol. The molecule has 4 N–H and O–H groups in total. The molecule has 0 unspecified atom stereocenters. The second kappa shape index (κ2) is 11.3. The number of benzene rings is 1. The Labute approximate surface area is 233 Å². The zero-order valence-electron chi connectivity index (χ0n) is 23.7. The van der Waals surface area contributed by atoms with Crippen LogP contribution in [0.15, 0.2) is 35.5 Å². The highest BCUT2D eigenvalue weighted by Crippen LogP contribution is 2.46. The Balaban J connectivity index is 1.59. The molecule has 1 amide bonds. The number of nitrogens with two attached hydrogens (primary N) is 2. The smallest absolute Gasteiger partial charge is 0.255 e. The van der Waals surface area contributed by atoms with Crippen molar-refractivity contribution < 1.29 is 4.79 Å². The maximum atomic E-state index is 13.8. The van der Waals surface area contributed by atoms with Crippen molar-refractivity contribution in [2.75, 3.05) is 13.1 Å². The third kappa shape index (κ3) is 6.51. The van der Waals surface area contributed by atoms with Gasteiger partial charge in [-0.05, 0) is 103 Å². The number of carbonyl (C=O) groups excluding carboxylic acids is 1. The van der Waals surface area contributed by atoms with E-state index < -0.39 is 0 Å². The zero-order valence-corrected chi connectivity index (χ0v) is 24.4. The summed E-state index contributed by atoms with van der Waals surface area (Å²) in [7, 11) is 0. The van der Waals surface area contributed by atoms with Crippen molar-refractivity contribution in [2.45, 2.75) is 90.5 Å². The topological polar surface area (TPSA) is 97.6 Å². The Kier molecular flexibility index (Phi) is 8.41. The molecule has 0 bridgehead atoms. The summed E-state index contributed by atoms with van der Waals surface area (Å²) in [6.07, 6.45) is 8.23.